The summed E-state index contributed by atoms with van der Waals surface area (Å²) in [7, 11) is -3.55. The van der Waals surface area contributed by atoms with Gasteiger partial charge in [-0.3, -0.25) is 0 Å². The minimum absolute atomic E-state index is 0.206. The molecule has 11 heavy (non-hydrogen) atoms. The second-order valence-electron chi connectivity index (χ2n) is 2.47. The summed E-state index contributed by atoms with van der Waals surface area (Å²) in [5, 5.41) is 4.96. The molecule has 0 unspecified atom stereocenters. The van der Waals surface area contributed by atoms with Crippen LogP contribution < -0.4 is 5.14 Å². The monoisotopic (exact) mass is 174 g/mol. The van der Waals surface area contributed by atoms with Crippen LogP contribution in [0.1, 0.15) is 11.3 Å². The molecule has 0 fully saturated rings. The summed E-state index contributed by atoms with van der Waals surface area (Å²) in [5.74, 6) is 0. The summed E-state index contributed by atoms with van der Waals surface area (Å²) in [6, 6.07) is 0. The van der Waals surface area contributed by atoms with Gasteiger partial charge in [0.15, 0.2) is 0 Å². The Labute approximate surface area is 65.5 Å². The molecule has 0 radical (unpaired) electrons. The Balaban J connectivity index is 3.45. The Bertz CT molecular complexity index is 344. The predicted octanol–water partition coefficient (Wildman–Crippen LogP) is 0.279. The number of H-pyrrole nitrogens is 1. The van der Waals surface area contributed by atoms with Gasteiger partial charge in [-0.15, -0.1) is 0 Å². The molecule has 5 heteroatoms. The highest BCUT2D eigenvalue weighted by Gasteiger charge is 2.15. The van der Waals surface area contributed by atoms with Crippen molar-refractivity contribution in [1.82, 2.24) is 4.98 Å². The number of rotatable bonds is 1. The fourth-order valence-electron chi connectivity index (χ4n) is 1.08. The lowest BCUT2D eigenvalue weighted by Gasteiger charge is -1.96. The molecule has 0 aliphatic carbocycles. The molecular weight excluding hydrogens is 164 g/mol. The smallest absolute Gasteiger partial charge is 0.240 e. The fraction of sp³-hybridized carbons (Fsp3) is 0.333. The van der Waals surface area contributed by atoms with Crippen molar-refractivity contribution in [3.05, 3.63) is 17.5 Å². The predicted molar refractivity (Wildman–Crippen MR) is 41.6 cm³/mol. The first kappa shape index (κ1) is 8.29. The maximum absolute atomic E-state index is 10.9. The summed E-state index contributed by atoms with van der Waals surface area (Å²) in [4.78, 5) is 2.99. The summed E-state index contributed by atoms with van der Waals surface area (Å²) in [5.41, 5.74) is 1.25. The van der Waals surface area contributed by atoms with Crippen molar-refractivity contribution in [3.63, 3.8) is 0 Å². The second-order valence-corrected chi connectivity index (χ2v) is 3.97. The highest BCUT2D eigenvalue weighted by Crippen LogP contribution is 2.16. The van der Waals surface area contributed by atoms with Gasteiger partial charge in [0.25, 0.3) is 0 Å². The van der Waals surface area contributed by atoms with Gasteiger partial charge in [-0.25, -0.2) is 13.6 Å². The van der Waals surface area contributed by atoms with Crippen LogP contribution in [0.25, 0.3) is 0 Å². The zero-order valence-electron chi connectivity index (χ0n) is 6.38. The molecule has 1 heterocycles. The number of primary sulfonamides is 1. The van der Waals surface area contributed by atoms with E-state index in [4.69, 9.17) is 5.14 Å². The molecule has 0 aliphatic rings. The first-order valence-electron chi connectivity index (χ1n) is 3.10. The number of aryl methyl sites for hydroxylation is 2. The highest BCUT2D eigenvalue weighted by atomic mass is 32.2. The first-order chi connectivity index (χ1) is 4.93. The van der Waals surface area contributed by atoms with Crippen molar-refractivity contribution in [2.45, 2.75) is 18.7 Å². The maximum Gasteiger partial charge on any atom is 0.240 e. The van der Waals surface area contributed by atoms with Gasteiger partial charge in [0.05, 0.1) is 0 Å². The van der Waals surface area contributed by atoms with Crippen LogP contribution in [0.15, 0.2) is 11.1 Å². The van der Waals surface area contributed by atoms with E-state index >= 15 is 0 Å². The van der Waals surface area contributed by atoms with Crippen LogP contribution in [0.5, 0.6) is 0 Å². The van der Waals surface area contributed by atoms with Gasteiger partial charge < -0.3 is 4.98 Å². The number of aromatic amines is 1. The van der Waals surface area contributed by atoms with Crippen molar-refractivity contribution in [2.75, 3.05) is 0 Å². The lowest BCUT2D eigenvalue weighted by atomic mass is 10.3. The molecule has 1 aromatic rings. The van der Waals surface area contributed by atoms with Gasteiger partial charge in [-0.05, 0) is 19.4 Å². The summed E-state index contributed by atoms with van der Waals surface area (Å²) >= 11 is 0. The number of aromatic nitrogens is 1. The molecule has 0 saturated carbocycles. The maximum atomic E-state index is 10.9. The zero-order valence-corrected chi connectivity index (χ0v) is 7.20. The Kier molecular flexibility index (Phi) is 1.77. The van der Waals surface area contributed by atoms with Gasteiger partial charge in [-0.2, -0.15) is 0 Å². The average Bonchev–Trinajstić information content (AvgIpc) is 2.08. The normalized spacial score (nSPS) is 11.9. The van der Waals surface area contributed by atoms with Gasteiger partial charge in [0.2, 0.25) is 10.0 Å². The van der Waals surface area contributed by atoms with Gasteiger partial charge in [0, 0.05) is 11.9 Å². The fourth-order valence-corrected chi connectivity index (χ4v) is 2.07. The lowest BCUT2D eigenvalue weighted by Crippen LogP contribution is -2.13. The molecule has 0 bridgehead atoms. The van der Waals surface area contributed by atoms with Crippen molar-refractivity contribution in [2.24, 2.45) is 5.14 Å². The molecular formula is C6H10N2O2S. The zero-order chi connectivity index (χ0) is 8.65. The second kappa shape index (κ2) is 2.35. The third kappa shape index (κ3) is 1.44. The molecule has 0 saturated heterocycles. The van der Waals surface area contributed by atoms with E-state index in [0.717, 1.165) is 0 Å². The third-order valence-electron chi connectivity index (χ3n) is 1.49. The number of hydrogen-bond acceptors (Lipinski definition) is 2. The lowest BCUT2D eigenvalue weighted by molar-refractivity contribution is 0.597. The molecule has 0 aliphatic heterocycles. The molecule has 1 aromatic heterocycles. The molecule has 4 nitrogen and oxygen atoms in total. The summed E-state index contributed by atoms with van der Waals surface area (Å²) < 4.78 is 21.8. The molecule has 62 valence electrons. The van der Waals surface area contributed by atoms with Crippen LogP contribution in [0.3, 0.4) is 0 Å². The molecule has 0 aromatic carbocycles. The molecule has 3 N–H and O–H groups in total. The standard InChI is InChI=1S/C6H10N2O2S/c1-4-3-8-5(2)6(4)11(7,9)10/h3,8H,1-2H3,(H2,7,9,10). The first-order valence-corrected chi connectivity index (χ1v) is 4.65. The van der Waals surface area contributed by atoms with E-state index in [0.29, 0.717) is 11.3 Å². The molecule has 0 amide bonds. The van der Waals surface area contributed by atoms with Crippen LogP contribution in [0.2, 0.25) is 0 Å². The number of nitrogens with one attached hydrogen (secondary N) is 1. The SMILES string of the molecule is Cc1c[nH]c(C)c1S(N)(=O)=O. The van der Waals surface area contributed by atoms with Gasteiger partial charge in [-0.1, -0.05) is 0 Å². The van der Waals surface area contributed by atoms with E-state index in [9.17, 15) is 8.42 Å². The number of hydrogen-bond donors (Lipinski definition) is 2. The van der Waals surface area contributed by atoms with E-state index < -0.39 is 10.0 Å². The Morgan fingerprint density at radius 3 is 2.18 bits per heavy atom. The Morgan fingerprint density at radius 1 is 1.45 bits per heavy atom. The quantitative estimate of drug-likeness (QED) is 0.641. The number of nitrogens with two attached hydrogens (primary N) is 1. The molecule has 0 atom stereocenters. The van der Waals surface area contributed by atoms with Crippen molar-refractivity contribution in [1.29, 1.82) is 0 Å². The van der Waals surface area contributed by atoms with Crippen LogP contribution in [-0.4, -0.2) is 13.4 Å². The Hall–Kier alpha value is -0.810. The highest BCUT2D eigenvalue weighted by molar-refractivity contribution is 7.89. The van der Waals surface area contributed by atoms with Crippen molar-refractivity contribution in [3.8, 4) is 0 Å². The minimum Gasteiger partial charge on any atom is -0.364 e. The van der Waals surface area contributed by atoms with E-state index in [2.05, 4.69) is 4.98 Å². The van der Waals surface area contributed by atoms with Crippen LogP contribution in [-0.2, 0) is 10.0 Å². The topological polar surface area (TPSA) is 76.0 Å². The van der Waals surface area contributed by atoms with E-state index in [1.165, 1.54) is 0 Å². The van der Waals surface area contributed by atoms with E-state index in [-0.39, 0.29) is 4.90 Å². The van der Waals surface area contributed by atoms with Crippen LogP contribution >= 0.6 is 0 Å². The third-order valence-corrected chi connectivity index (χ3v) is 2.69. The molecule has 0 spiro atoms. The molecule has 1 rings (SSSR count). The summed E-state index contributed by atoms with van der Waals surface area (Å²) in [6.45, 7) is 3.37. The summed E-state index contributed by atoms with van der Waals surface area (Å²) in [6.07, 6.45) is 1.62. The van der Waals surface area contributed by atoms with E-state index in [1.807, 2.05) is 0 Å². The largest absolute Gasteiger partial charge is 0.364 e. The van der Waals surface area contributed by atoms with Crippen molar-refractivity contribution < 1.29 is 8.42 Å². The van der Waals surface area contributed by atoms with Gasteiger partial charge >= 0.3 is 0 Å². The van der Waals surface area contributed by atoms with E-state index in [1.54, 1.807) is 20.0 Å². The van der Waals surface area contributed by atoms with Crippen LogP contribution in [0, 0.1) is 13.8 Å². The van der Waals surface area contributed by atoms with Gasteiger partial charge in [0.1, 0.15) is 4.90 Å². The van der Waals surface area contributed by atoms with Crippen LogP contribution in [0.4, 0.5) is 0 Å². The minimum atomic E-state index is -3.55. The average molecular weight is 174 g/mol. The Morgan fingerprint density at radius 2 is 2.00 bits per heavy atom. The van der Waals surface area contributed by atoms with Crippen molar-refractivity contribution >= 4 is 10.0 Å². The number of sulfonamides is 1.